The number of rotatable bonds is 9. The van der Waals surface area contributed by atoms with E-state index in [1.165, 1.54) is 12.1 Å². The summed E-state index contributed by atoms with van der Waals surface area (Å²) in [6.45, 7) is -0.334. The van der Waals surface area contributed by atoms with Crippen molar-refractivity contribution < 1.29 is 23.2 Å². The maximum atomic E-state index is 13.0. The Labute approximate surface area is 178 Å². The molecule has 1 unspecified atom stereocenters. The van der Waals surface area contributed by atoms with Crippen LogP contribution in [0.15, 0.2) is 59.1 Å². The lowest BCUT2D eigenvalue weighted by atomic mass is 10.0. The summed E-state index contributed by atoms with van der Waals surface area (Å²) in [5.74, 6) is -0.209. The smallest absolute Gasteiger partial charge is 0.306 e. The van der Waals surface area contributed by atoms with E-state index in [9.17, 15) is 14.0 Å². The van der Waals surface area contributed by atoms with Crippen LogP contribution in [0.3, 0.4) is 0 Å². The molecule has 4 rings (SSSR count). The lowest BCUT2D eigenvalue weighted by Gasteiger charge is -2.18. The van der Waals surface area contributed by atoms with Gasteiger partial charge in [0.05, 0.1) is 12.5 Å². The molecule has 31 heavy (non-hydrogen) atoms. The summed E-state index contributed by atoms with van der Waals surface area (Å²) in [5, 5.41) is 6.79. The minimum Gasteiger partial charge on any atom is -0.456 e. The molecule has 2 aromatic carbocycles. The molecule has 0 bridgehead atoms. The summed E-state index contributed by atoms with van der Waals surface area (Å²) < 4.78 is 23.2. The van der Waals surface area contributed by atoms with Gasteiger partial charge in [0.2, 0.25) is 11.7 Å². The molecule has 3 aromatic rings. The summed E-state index contributed by atoms with van der Waals surface area (Å²) in [4.78, 5) is 28.5. The summed E-state index contributed by atoms with van der Waals surface area (Å²) in [6.07, 6.45) is 2.33. The lowest BCUT2D eigenvalue weighted by Crippen LogP contribution is -2.33. The molecule has 1 aromatic heterocycles. The number of esters is 1. The molecule has 0 radical (unpaired) electrons. The van der Waals surface area contributed by atoms with Gasteiger partial charge in [0.25, 0.3) is 5.91 Å². The van der Waals surface area contributed by atoms with E-state index in [-0.39, 0.29) is 43.1 Å². The van der Waals surface area contributed by atoms with Crippen molar-refractivity contribution in [2.45, 2.75) is 31.7 Å². The molecule has 1 amide bonds. The van der Waals surface area contributed by atoms with E-state index in [4.69, 9.17) is 9.26 Å². The molecule has 1 N–H and O–H groups in total. The van der Waals surface area contributed by atoms with E-state index in [1.54, 1.807) is 12.1 Å². The number of halogens is 1. The quantitative estimate of drug-likeness (QED) is 0.529. The molecule has 0 spiro atoms. The van der Waals surface area contributed by atoms with E-state index in [0.717, 1.165) is 18.4 Å². The largest absolute Gasteiger partial charge is 0.456 e. The number of hydrogen-bond acceptors (Lipinski definition) is 6. The van der Waals surface area contributed by atoms with Crippen LogP contribution in [-0.2, 0) is 20.7 Å². The summed E-state index contributed by atoms with van der Waals surface area (Å²) in [5.41, 5.74) is 1.66. The lowest BCUT2D eigenvalue weighted by molar-refractivity contribution is -0.148. The van der Waals surface area contributed by atoms with Gasteiger partial charge in [0, 0.05) is 12.0 Å². The zero-order valence-corrected chi connectivity index (χ0v) is 16.8. The third kappa shape index (κ3) is 5.75. The Balaban J connectivity index is 1.22. The van der Waals surface area contributed by atoms with Crippen molar-refractivity contribution in [3.8, 4) is 11.4 Å². The van der Waals surface area contributed by atoms with Crippen LogP contribution in [0.1, 0.15) is 36.8 Å². The van der Waals surface area contributed by atoms with Gasteiger partial charge in [-0.3, -0.25) is 9.59 Å². The van der Waals surface area contributed by atoms with Gasteiger partial charge in [-0.1, -0.05) is 35.5 Å². The Kier molecular flexibility index (Phi) is 6.35. The van der Waals surface area contributed by atoms with Crippen LogP contribution in [-0.4, -0.2) is 28.6 Å². The second-order valence-corrected chi connectivity index (χ2v) is 7.47. The van der Waals surface area contributed by atoms with Crippen molar-refractivity contribution in [2.75, 3.05) is 6.61 Å². The average molecular weight is 423 g/mol. The monoisotopic (exact) mass is 423 g/mol. The normalized spacial score (nSPS) is 14.1. The van der Waals surface area contributed by atoms with E-state index < -0.39 is 5.97 Å². The highest BCUT2D eigenvalue weighted by Crippen LogP contribution is 2.40. The fraction of sp³-hybridized carbons (Fsp3) is 0.304. The van der Waals surface area contributed by atoms with Gasteiger partial charge in [-0.15, -0.1) is 0 Å². The minimum atomic E-state index is -0.528. The highest BCUT2D eigenvalue weighted by molar-refractivity contribution is 5.81. The molecular formula is C23H22FN3O4. The second-order valence-electron chi connectivity index (χ2n) is 7.47. The van der Waals surface area contributed by atoms with Crippen LogP contribution in [0.2, 0.25) is 0 Å². The zero-order chi connectivity index (χ0) is 21.6. The van der Waals surface area contributed by atoms with Crippen LogP contribution in [0.4, 0.5) is 4.39 Å². The van der Waals surface area contributed by atoms with Crippen molar-refractivity contribution in [2.24, 2.45) is 5.92 Å². The van der Waals surface area contributed by atoms with Crippen molar-refractivity contribution in [3.05, 3.63) is 71.9 Å². The van der Waals surface area contributed by atoms with Crippen LogP contribution >= 0.6 is 0 Å². The number of nitrogens with one attached hydrogen (secondary N) is 1. The standard InChI is InChI=1S/C23H22FN3O4/c24-18-10-8-17(9-11-18)23-26-20(31-27-23)12-13-21(29)30-14-19(28)25-22(16-6-7-16)15-4-2-1-3-5-15/h1-5,8-11,16,22H,6-7,12-14H2,(H,25,28). The Morgan fingerprint density at radius 1 is 1.13 bits per heavy atom. The number of aryl methyl sites for hydroxylation is 1. The topological polar surface area (TPSA) is 94.3 Å². The third-order valence-corrected chi connectivity index (χ3v) is 5.05. The fourth-order valence-corrected chi connectivity index (χ4v) is 3.28. The highest BCUT2D eigenvalue weighted by atomic mass is 19.1. The summed E-state index contributed by atoms with van der Waals surface area (Å²) in [7, 11) is 0. The number of hydrogen-bond donors (Lipinski definition) is 1. The molecule has 1 aliphatic rings. The molecule has 1 saturated carbocycles. The number of amides is 1. The number of nitrogens with zero attached hydrogens (tertiary/aromatic N) is 2. The summed E-state index contributed by atoms with van der Waals surface area (Å²) in [6, 6.07) is 15.4. The number of ether oxygens (including phenoxy) is 1. The first-order valence-corrected chi connectivity index (χ1v) is 10.2. The first kappa shape index (κ1) is 20.7. The van der Waals surface area contributed by atoms with Gasteiger partial charge in [0.15, 0.2) is 6.61 Å². The van der Waals surface area contributed by atoms with E-state index in [1.807, 2.05) is 30.3 Å². The van der Waals surface area contributed by atoms with Crippen LogP contribution in [0.25, 0.3) is 11.4 Å². The SMILES string of the molecule is O=C(COC(=O)CCc1nc(-c2ccc(F)cc2)no1)NC(c1ccccc1)C1CC1. The van der Waals surface area contributed by atoms with Gasteiger partial charge in [-0.25, -0.2) is 4.39 Å². The van der Waals surface area contributed by atoms with Crippen molar-refractivity contribution in [1.82, 2.24) is 15.5 Å². The zero-order valence-electron chi connectivity index (χ0n) is 16.8. The molecule has 7 nitrogen and oxygen atoms in total. The number of aromatic nitrogens is 2. The second kappa shape index (κ2) is 9.51. The predicted octanol–water partition coefficient (Wildman–Crippen LogP) is 3.62. The van der Waals surface area contributed by atoms with E-state index >= 15 is 0 Å². The Hall–Kier alpha value is -3.55. The van der Waals surface area contributed by atoms with Crippen LogP contribution < -0.4 is 5.32 Å². The fourth-order valence-electron chi connectivity index (χ4n) is 3.28. The van der Waals surface area contributed by atoms with Gasteiger partial charge >= 0.3 is 5.97 Å². The van der Waals surface area contributed by atoms with Gasteiger partial charge < -0.3 is 14.6 Å². The molecule has 1 heterocycles. The van der Waals surface area contributed by atoms with Crippen LogP contribution in [0.5, 0.6) is 0 Å². The minimum absolute atomic E-state index is 0.00305. The Morgan fingerprint density at radius 2 is 1.87 bits per heavy atom. The highest BCUT2D eigenvalue weighted by Gasteiger charge is 2.33. The molecule has 0 aliphatic heterocycles. The molecule has 1 fully saturated rings. The maximum absolute atomic E-state index is 13.0. The van der Waals surface area contributed by atoms with Crippen molar-refractivity contribution >= 4 is 11.9 Å². The number of carbonyl (C=O) groups is 2. The molecular weight excluding hydrogens is 401 g/mol. The van der Waals surface area contributed by atoms with Crippen LogP contribution in [0, 0.1) is 11.7 Å². The first-order chi connectivity index (χ1) is 15.1. The Bertz CT molecular complexity index is 1030. The average Bonchev–Trinajstić information content (AvgIpc) is 3.52. The van der Waals surface area contributed by atoms with Gasteiger partial charge in [0.1, 0.15) is 5.82 Å². The van der Waals surface area contributed by atoms with Gasteiger partial charge in [-0.2, -0.15) is 4.98 Å². The molecule has 160 valence electrons. The van der Waals surface area contributed by atoms with Crippen molar-refractivity contribution in [3.63, 3.8) is 0 Å². The Morgan fingerprint density at radius 3 is 2.58 bits per heavy atom. The molecule has 1 atom stereocenters. The molecule has 8 heteroatoms. The molecule has 0 saturated heterocycles. The summed E-state index contributed by atoms with van der Waals surface area (Å²) >= 11 is 0. The third-order valence-electron chi connectivity index (χ3n) is 5.05. The van der Waals surface area contributed by atoms with Gasteiger partial charge in [-0.05, 0) is 48.6 Å². The van der Waals surface area contributed by atoms with Crippen molar-refractivity contribution in [1.29, 1.82) is 0 Å². The number of benzene rings is 2. The first-order valence-electron chi connectivity index (χ1n) is 10.2. The molecule has 1 aliphatic carbocycles. The maximum Gasteiger partial charge on any atom is 0.306 e. The predicted molar refractivity (Wildman–Crippen MR) is 109 cm³/mol. The van der Waals surface area contributed by atoms with E-state index in [0.29, 0.717) is 17.3 Å². The number of carbonyl (C=O) groups excluding carboxylic acids is 2. The van der Waals surface area contributed by atoms with E-state index in [2.05, 4.69) is 15.5 Å².